The van der Waals surface area contributed by atoms with Gasteiger partial charge in [0.15, 0.2) is 0 Å². The average molecular weight is 243 g/mol. The van der Waals surface area contributed by atoms with Gasteiger partial charge in [0.2, 0.25) is 0 Å². The van der Waals surface area contributed by atoms with Crippen LogP contribution in [0.3, 0.4) is 0 Å². The van der Waals surface area contributed by atoms with Gasteiger partial charge in [-0.05, 0) is 26.7 Å². The number of urea groups is 1. The summed E-state index contributed by atoms with van der Waals surface area (Å²) in [6, 6.07) is -0.346. The topological polar surface area (TPSA) is 86.9 Å². The summed E-state index contributed by atoms with van der Waals surface area (Å²) in [7, 11) is 0. The van der Waals surface area contributed by atoms with Crippen LogP contribution in [0, 0.1) is 0 Å². The van der Waals surface area contributed by atoms with Crippen molar-refractivity contribution in [2.75, 3.05) is 19.6 Å². The van der Waals surface area contributed by atoms with Gasteiger partial charge in [-0.2, -0.15) is 0 Å². The number of carboxylic acids is 1. The Morgan fingerprint density at radius 3 is 2.65 bits per heavy atom. The molecule has 0 aromatic carbocycles. The zero-order chi connectivity index (χ0) is 13.0. The van der Waals surface area contributed by atoms with Crippen molar-refractivity contribution >= 4 is 12.0 Å². The minimum Gasteiger partial charge on any atom is -0.480 e. The molecule has 6 heteroatoms. The highest BCUT2D eigenvalue weighted by atomic mass is 16.4. The Hall–Kier alpha value is -1.30. The number of rotatable bonds is 3. The zero-order valence-corrected chi connectivity index (χ0v) is 10.4. The van der Waals surface area contributed by atoms with E-state index in [0.29, 0.717) is 13.1 Å². The molecule has 1 aliphatic heterocycles. The van der Waals surface area contributed by atoms with E-state index in [2.05, 4.69) is 0 Å². The van der Waals surface area contributed by atoms with E-state index in [-0.39, 0.29) is 24.7 Å². The van der Waals surface area contributed by atoms with Gasteiger partial charge >= 0.3 is 12.0 Å². The third-order valence-corrected chi connectivity index (χ3v) is 2.90. The normalized spacial score (nSPS) is 20.5. The van der Waals surface area contributed by atoms with Crippen LogP contribution >= 0.6 is 0 Å². The highest BCUT2D eigenvalue weighted by Gasteiger charge is 2.28. The first kappa shape index (κ1) is 13.8. The van der Waals surface area contributed by atoms with Gasteiger partial charge < -0.3 is 20.6 Å². The molecule has 0 radical (unpaired) electrons. The minimum absolute atomic E-state index is 0.00606. The number of carbonyl (C=O) groups is 2. The van der Waals surface area contributed by atoms with Crippen molar-refractivity contribution in [1.82, 2.24) is 9.80 Å². The molecule has 0 aromatic heterocycles. The molecule has 0 aliphatic carbocycles. The third-order valence-electron chi connectivity index (χ3n) is 2.90. The van der Waals surface area contributed by atoms with E-state index in [9.17, 15) is 9.59 Å². The lowest BCUT2D eigenvalue weighted by molar-refractivity contribution is -0.138. The lowest BCUT2D eigenvalue weighted by atomic mass is 10.1. The predicted octanol–water partition coefficient (Wildman–Crippen LogP) is 0.325. The Labute approximate surface area is 101 Å². The fourth-order valence-corrected chi connectivity index (χ4v) is 1.98. The molecule has 17 heavy (non-hydrogen) atoms. The Balaban J connectivity index is 2.66. The number of hydrogen-bond donors (Lipinski definition) is 2. The molecule has 98 valence electrons. The number of amides is 2. The summed E-state index contributed by atoms with van der Waals surface area (Å²) in [5.41, 5.74) is 5.81. The third kappa shape index (κ3) is 3.89. The highest BCUT2D eigenvalue weighted by molar-refractivity contribution is 5.80. The van der Waals surface area contributed by atoms with Crippen LogP contribution in [0.25, 0.3) is 0 Å². The summed E-state index contributed by atoms with van der Waals surface area (Å²) in [5.74, 6) is -0.992. The van der Waals surface area contributed by atoms with Crippen LogP contribution in [0.5, 0.6) is 0 Å². The summed E-state index contributed by atoms with van der Waals surface area (Å²) in [6.07, 6.45) is 1.80. The van der Waals surface area contributed by atoms with Crippen molar-refractivity contribution in [2.24, 2.45) is 5.73 Å². The van der Waals surface area contributed by atoms with Crippen LogP contribution in [0.15, 0.2) is 0 Å². The summed E-state index contributed by atoms with van der Waals surface area (Å²) >= 11 is 0. The van der Waals surface area contributed by atoms with Gasteiger partial charge in [0, 0.05) is 25.2 Å². The van der Waals surface area contributed by atoms with E-state index in [1.807, 2.05) is 13.8 Å². The van der Waals surface area contributed by atoms with Crippen molar-refractivity contribution in [3.63, 3.8) is 0 Å². The SMILES string of the molecule is CC(C)N(CC(=O)O)C(=O)N1CCCC(N)C1. The van der Waals surface area contributed by atoms with Gasteiger partial charge in [-0.25, -0.2) is 4.79 Å². The Morgan fingerprint density at radius 2 is 2.18 bits per heavy atom. The molecule has 6 nitrogen and oxygen atoms in total. The molecular formula is C11H21N3O3. The van der Waals surface area contributed by atoms with Gasteiger partial charge in [0.05, 0.1) is 0 Å². The summed E-state index contributed by atoms with van der Waals surface area (Å²) < 4.78 is 0. The number of piperidine rings is 1. The van der Waals surface area contributed by atoms with E-state index in [0.717, 1.165) is 12.8 Å². The van der Waals surface area contributed by atoms with Crippen molar-refractivity contribution in [2.45, 2.75) is 38.8 Å². The number of nitrogens with two attached hydrogens (primary N) is 1. The maximum Gasteiger partial charge on any atom is 0.323 e. The van der Waals surface area contributed by atoms with Gasteiger partial charge in [-0.1, -0.05) is 0 Å². The molecule has 3 N–H and O–H groups in total. The Bertz CT molecular complexity index is 294. The molecule has 1 unspecified atom stereocenters. The second-order valence-electron chi connectivity index (χ2n) is 4.75. The smallest absolute Gasteiger partial charge is 0.323 e. The highest BCUT2D eigenvalue weighted by Crippen LogP contribution is 2.12. The zero-order valence-electron chi connectivity index (χ0n) is 10.4. The molecule has 1 atom stereocenters. The number of likely N-dealkylation sites (tertiary alicyclic amines) is 1. The maximum absolute atomic E-state index is 12.2. The molecule has 0 saturated carbocycles. The van der Waals surface area contributed by atoms with Crippen LogP contribution in [-0.4, -0.2) is 58.6 Å². The lowest BCUT2D eigenvalue weighted by Gasteiger charge is -2.36. The number of carbonyl (C=O) groups excluding carboxylic acids is 1. The monoisotopic (exact) mass is 243 g/mol. The predicted molar refractivity (Wildman–Crippen MR) is 63.7 cm³/mol. The fraction of sp³-hybridized carbons (Fsp3) is 0.818. The van der Waals surface area contributed by atoms with Crippen LogP contribution in [-0.2, 0) is 4.79 Å². The number of nitrogens with zero attached hydrogens (tertiary/aromatic N) is 2. The van der Waals surface area contributed by atoms with E-state index in [1.54, 1.807) is 4.90 Å². The van der Waals surface area contributed by atoms with Crippen molar-refractivity contribution in [3.05, 3.63) is 0 Å². The first-order valence-electron chi connectivity index (χ1n) is 5.94. The standard InChI is InChI=1S/C11H21N3O3/c1-8(2)14(7-10(15)16)11(17)13-5-3-4-9(12)6-13/h8-9H,3-7,12H2,1-2H3,(H,15,16). The summed E-state index contributed by atoms with van der Waals surface area (Å²) in [6.45, 7) is 4.54. The molecule has 1 rings (SSSR count). The van der Waals surface area contributed by atoms with Gasteiger partial charge in [0.25, 0.3) is 0 Å². The number of aliphatic carboxylic acids is 1. The maximum atomic E-state index is 12.2. The van der Waals surface area contributed by atoms with Gasteiger partial charge in [0.1, 0.15) is 6.54 Å². The summed E-state index contributed by atoms with van der Waals surface area (Å²) in [5, 5.41) is 8.79. The average Bonchev–Trinajstić information content (AvgIpc) is 2.24. The first-order chi connectivity index (χ1) is 7.91. The second kappa shape index (κ2) is 5.86. The van der Waals surface area contributed by atoms with Crippen molar-refractivity contribution in [1.29, 1.82) is 0 Å². The number of carboxylic acid groups (broad SMARTS) is 1. The number of hydrogen-bond acceptors (Lipinski definition) is 3. The molecule has 1 saturated heterocycles. The minimum atomic E-state index is -0.992. The molecule has 0 aromatic rings. The molecule has 2 amide bonds. The molecule has 0 spiro atoms. The van der Waals surface area contributed by atoms with E-state index >= 15 is 0 Å². The largest absolute Gasteiger partial charge is 0.480 e. The van der Waals surface area contributed by atoms with Crippen LogP contribution < -0.4 is 5.73 Å². The lowest BCUT2D eigenvalue weighted by Crippen LogP contribution is -2.53. The van der Waals surface area contributed by atoms with Gasteiger partial charge in [-0.15, -0.1) is 0 Å². The molecule has 0 bridgehead atoms. The quantitative estimate of drug-likeness (QED) is 0.747. The van der Waals surface area contributed by atoms with Gasteiger partial charge in [-0.3, -0.25) is 4.79 Å². The summed E-state index contributed by atoms with van der Waals surface area (Å²) in [4.78, 5) is 25.9. The molecule has 1 aliphatic rings. The molecule has 1 heterocycles. The van der Waals surface area contributed by atoms with Crippen LogP contribution in [0.1, 0.15) is 26.7 Å². The molecule has 1 fully saturated rings. The first-order valence-corrected chi connectivity index (χ1v) is 5.94. The van der Waals surface area contributed by atoms with Crippen molar-refractivity contribution in [3.8, 4) is 0 Å². The van der Waals surface area contributed by atoms with E-state index in [4.69, 9.17) is 10.8 Å². The van der Waals surface area contributed by atoms with Crippen molar-refractivity contribution < 1.29 is 14.7 Å². The fourth-order valence-electron chi connectivity index (χ4n) is 1.98. The van der Waals surface area contributed by atoms with E-state index in [1.165, 1.54) is 4.90 Å². The molecular weight excluding hydrogens is 222 g/mol. The van der Waals surface area contributed by atoms with E-state index < -0.39 is 5.97 Å². The Morgan fingerprint density at radius 1 is 1.53 bits per heavy atom. The van der Waals surface area contributed by atoms with Crippen LogP contribution in [0.2, 0.25) is 0 Å². The van der Waals surface area contributed by atoms with Crippen LogP contribution in [0.4, 0.5) is 4.79 Å². The second-order valence-corrected chi connectivity index (χ2v) is 4.75. The Kier molecular flexibility index (Phi) is 4.74.